The fraction of sp³-hybridized carbons (Fsp3) is 0.588. The van der Waals surface area contributed by atoms with Crippen molar-refractivity contribution in [1.29, 1.82) is 0 Å². The SMILES string of the molecule is CCN(CC)C(=O)CN1CCN(c2cccc(C)c2)CC1. The molecule has 2 rings (SSSR count). The topological polar surface area (TPSA) is 26.8 Å². The van der Waals surface area contributed by atoms with Crippen molar-refractivity contribution in [2.45, 2.75) is 20.8 Å². The number of likely N-dealkylation sites (N-methyl/N-ethyl adjacent to an activating group) is 1. The molecule has 0 aromatic heterocycles. The normalized spacial score (nSPS) is 16.0. The Bertz CT molecular complexity index is 463. The lowest BCUT2D eigenvalue weighted by Gasteiger charge is -2.36. The largest absolute Gasteiger partial charge is 0.369 e. The van der Waals surface area contributed by atoms with E-state index in [0.717, 1.165) is 39.3 Å². The van der Waals surface area contributed by atoms with Crippen molar-refractivity contribution in [3.63, 3.8) is 0 Å². The van der Waals surface area contributed by atoms with Gasteiger partial charge in [-0.2, -0.15) is 0 Å². The van der Waals surface area contributed by atoms with Gasteiger partial charge in [0.1, 0.15) is 0 Å². The number of rotatable bonds is 5. The molecule has 116 valence electrons. The molecule has 0 aliphatic carbocycles. The van der Waals surface area contributed by atoms with E-state index >= 15 is 0 Å². The summed E-state index contributed by atoms with van der Waals surface area (Å²) in [5, 5.41) is 0. The summed E-state index contributed by atoms with van der Waals surface area (Å²) in [5.41, 5.74) is 2.59. The average molecular weight is 289 g/mol. The van der Waals surface area contributed by atoms with Gasteiger partial charge < -0.3 is 9.80 Å². The Labute approximate surface area is 128 Å². The minimum Gasteiger partial charge on any atom is -0.369 e. The highest BCUT2D eigenvalue weighted by Gasteiger charge is 2.20. The third kappa shape index (κ3) is 4.21. The first-order valence-corrected chi connectivity index (χ1v) is 7.95. The second-order valence-corrected chi connectivity index (χ2v) is 5.67. The highest BCUT2D eigenvalue weighted by atomic mass is 16.2. The van der Waals surface area contributed by atoms with Crippen LogP contribution in [0.1, 0.15) is 19.4 Å². The summed E-state index contributed by atoms with van der Waals surface area (Å²) in [7, 11) is 0. The second kappa shape index (κ2) is 7.46. The van der Waals surface area contributed by atoms with E-state index < -0.39 is 0 Å². The highest BCUT2D eigenvalue weighted by molar-refractivity contribution is 5.78. The zero-order valence-electron chi connectivity index (χ0n) is 13.5. The number of piperazine rings is 1. The van der Waals surface area contributed by atoms with Crippen LogP contribution in [0.5, 0.6) is 0 Å². The Kier molecular flexibility index (Phi) is 5.62. The molecule has 1 aromatic rings. The number of carbonyl (C=O) groups excluding carboxylic acids is 1. The molecule has 21 heavy (non-hydrogen) atoms. The van der Waals surface area contributed by atoms with Crippen LogP contribution in [0, 0.1) is 6.92 Å². The van der Waals surface area contributed by atoms with Crippen molar-refractivity contribution >= 4 is 11.6 Å². The van der Waals surface area contributed by atoms with Gasteiger partial charge in [-0.1, -0.05) is 12.1 Å². The number of carbonyl (C=O) groups is 1. The molecule has 4 nitrogen and oxygen atoms in total. The van der Waals surface area contributed by atoms with E-state index in [1.54, 1.807) is 0 Å². The van der Waals surface area contributed by atoms with Crippen molar-refractivity contribution < 1.29 is 4.79 Å². The molecule has 4 heteroatoms. The number of anilines is 1. The van der Waals surface area contributed by atoms with E-state index in [4.69, 9.17) is 0 Å². The Morgan fingerprint density at radius 3 is 2.38 bits per heavy atom. The Morgan fingerprint density at radius 2 is 1.81 bits per heavy atom. The highest BCUT2D eigenvalue weighted by Crippen LogP contribution is 2.17. The fourth-order valence-corrected chi connectivity index (χ4v) is 2.86. The van der Waals surface area contributed by atoms with Crippen LogP contribution in [-0.4, -0.2) is 61.5 Å². The van der Waals surface area contributed by atoms with Gasteiger partial charge in [-0.05, 0) is 38.5 Å². The molecule has 1 aliphatic heterocycles. The third-order valence-electron chi connectivity index (χ3n) is 4.21. The molecule has 1 amide bonds. The van der Waals surface area contributed by atoms with E-state index in [1.807, 2.05) is 18.7 Å². The summed E-state index contributed by atoms with van der Waals surface area (Å²) < 4.78 is 0. The Morgan fingerprint density at radius 1 is 1.14 bits per heavy atom. The lowest BCUT2D eigenvalue weighted by Crippen LogP contribution is -2.50. The van der Waals surface area contributed by atoms with Crippen LogP contribution in [0.4, 0.5) is 5.69 Å². The maximum atomic E-state index is 12.1. The first kappa shape index (κ1) is 15.8. The molecule has 1 saturated heterocycles. The molecule has 0 saturated carbocycles. The Hall–Kier alpha value is -1.55. The van der Waals surface area contributed by atoms with E-state index in [1.165, 1.54) is 11.3 Å². The zero-order chi connectivity index (χ0) is 15.2. The molecule has 1 heterocycles. The third-order valence-corrected chi connectivity index (χ3v) is 4.21. The number of aryl methyl sites for hydroxylation is 1. The van der Waals surface area contributed by atoms with Gasteiger partial charge in [0.2, 0.25) is 5.91 Å². The Balaban J connectivity index is 1.84. The molecule has 0 atom stereocenters. The van der Waals surface area contributed by atoms with E-state index in [-0.39, 0.29) is 5.91 Å². The molecule has 0 unspecified atom stereocenters. The monoisotopic (exact) mass is 289 g/mol. The fourth-order valence-electron chi connectivity index (χ4n) is 2.86. The van der Waals surface area contributed by atoms with Gasteiger partial charge in [0.25, 0.3) is 0 Å². The van der Waals surface area contributed by atoms with Gasteiger partial charge >= 0.3 is 0 Å². The smallest absolute Gasteiger partial charge is 0.236 e. The van der Waals surface area contributed by atoms with Crippen LogP contribution in [0.15, 0.2) is 24.3 Å². The number of hydrogen-bond acceptors (Lipinski definition) is 3. The molecule has 0 spiro atoms. The second-order valence-electron chi connectivity index (χ2n) is 5.67. The van der Waals surface area contributed by atoms with E-state index in [0.29, 0.717) is 6.54 Å². The lowest BCUT2D eigenvalue weighted by atomic mass is 10.2. The van der Waals surface area contributed by atoms with Crippen LogP contribution in [0.25, 0.3) is 0 Å². The van der Waals surface area contributed by atoms with Gasteiger partial charge in [-0.3, -0.25) is 9.69 Å². The van der Waals surface area contributed by atoms with Gasteiger partial charge in [0.15, 0.2) is 0 Å². The molecule has 0 radical (unpaired) electrons. The van der Waals surface area contributed by atoms with E-state index in [2.05, 4.69) is 41.0 Å². The summed E-state index contributed by atoms with van der Waals surface area (Å²) in [4.78, 5) is 18.7. The summed E-state index contributed by atoms with van der Waals surface area (Å²) in [5.74, 6) is 0.254. The minimum absolute atomic E-state index is 0.254. The maximum absolute atomic E-state index is 12.1. The average Bonchev–Trinajstić information content (AvgIpc) is 2.49. The number of amides is 1. The lowest BCUT2D eigenvalue weighted by molar-refractivity contribution is -0.132. The van der Waals surface area contributed by atoms with Crippen molar-refractivity contribution in [1.82, 2.24) is 9.80 Å². The molecule has 0 N–H and O–H groups in total. The number of benzene rings is 1. The van der Waals surface area contributed by atoms with Gasteiger partial charge in [-0.15, -0.1) is 0 Å². The summed E-state index contributed by atoms with van der Waals surface area (Å²) in [6.07, 6.45) is 0. The molecular formula is C17H27N3O. The number of nitrogens with zero attached hydrogens (tertiary/aromatic N) is 3. The van der Waals surface area contributed by atoms with Crippen LogP contribution < -0.4 is 4.90 Å². The van der Waals surface area contributed by atoms with Gasteiger partial charge in [-0.25, -0.2) is 0 Å². The quantitative estimate of drug-likeness (QED) is 0.829. The van der Waals surface area contributed by atoms with Crippen molar-refractivity contribution in [2.75, 3.05) is 50.7 Å². The van der Waals surface area contributed by atoms with Crippen molar-refractivity contribution in [3.8, 4) is 0 Å². The molecule has 0 bridgehead atoms. The summed E-state index contributed by atoms with van der Waals surface area (Å²) in [6.45, 7) is 12.3. The van der Waals surface area contributed by atoms with Gasteiger partial charge in [0.05, 0.1) is 6.54 Å². The predicted octanol–water partition coefficient (Wildman–Crippen LogP) is 1.99. The zero-order valence-corrected chi connectivity index (χ0v) is 13.5. The first-order chi connectivity index (χ1) is 10.1. The standard InChI is InChI=1S/C17H27N3O/c1-4-19(5-2)17(21)14-18-9-11-20(12-10-18)16-8-6-7-15(3)13-16/h6-8,13H,4-5,9-12,14H2,1-3H3. The summed E-state index contributed by atoms with van der Waals surface area (Å²) >= 11 is 0. The van der Waals surface area contributed by atoms with Gasteiger partial charge in [0, 0.05) is 45.0 Å². The molecular weight excluding hydrogens is 262 g/mol. The maximum Gasteiger partial charge on any atom is 0.236 e. The molecule has 1 aliphatic rings. The number of hydrogen-bond donors (Lipinski definition) is 0. The predicted molar refractivity (Wildman–Crippen MR) is 87.8 cm³/mol. The van der Waals surface area contributed by atoms with Crippen LogP contribution in [0.3, 0.4) is 0 Å². The molecule has 1 fully saturated rings. The minimum atomic E-state index is 0.254. The summed E-state index contributed by atoms with van der Waals surface area (Å²) in [6, 6.07) is 8.64. The molecule has 1 aromatic carbocycles. The van der Waals surface area contributed by atoms with E-state index in [9.17, 15) is 4.79 Å². The van der Waals surface area contributed by atoms with Crippen molar-refractivity contribution in [3.05, 3.63) is 29.8 Å². The van der Waals surface area contributed by atoms with Crippen LogP contribution in [-0.2, 0) is 4.79 Å². The first-order valence-electron chi connectivity index (χ1n) is 7.95. The van der Waals surface area contributed by atoms with Crippen LogP contribution >= 0.6 is 0 Å². The van der Waals surface area contributed by atoms with Crippen molar-refractivity contribution in [2.24, 2.45) is 0 Å². The van der Waals surface area contributed by atoms with Crippen LogP contribution in [0.2, 0.25) is 0 Å².